The minimum atomic E-state index is -4.60. The molecule has 0 atom stereocenters. The van der Waals surface area contributed by atoms with Crippen LogP contribution in [0.3, 0.4) is 0 Å². The van der Waals surface area contributed by atoms with Crippen LogP contribution in [0.1, 0.15) is 78.8 Å². The van der Waals surface area contributed by atoms with Crippen molar-refractivity contribution in [1.82, 2.24) is 25.1 Å². The monoisotopic (exact) mass is 527 g/mol. The van der Waals surface area contributed by atoms with Crippen molar-refractivity contribution in [1.29, 1.82) is 0 Å². The number of likely N-dealkylation sites (tertiary alicyclic amines) is 1. The van der Waals surface area contributed by atoms with Crippen molar-refractivity contribution in [3.05, 3.63) is 52.3 Å². The molecule has 0 spiro atoms. The third-order valence-corrected chi connectivity index (χ3v) is 7.95. The first-order valence-corrected chi connectivity index (χ1v) is 13.5. The van der Waals surface area contributed by atoms with E-state index in [0.29, 0.717) is 5.92 Å². The molecule has 10 heteroatoms. The normalized spacial score (nSPS) is 20.9. The number of alkyl halides is 3. The van der Waals surface area contributed by atoms with E-state index in [1.165, 1.54) is 69.2 Å². The highest BCUT2D eigenvalue weighted by Crippen LogP contribution is 2.39. The highest BCUT2D eigenvalue weighted by molar-refractivity contribution is 5.64. The number of rotatable bonds is 6. The Labute approximate surface area is 221 Å². The molecule has 2 aliphatic rings. The molecule has 0 bridgehead atoms. The van der Waals surface area contributed by atoms with E-state index in [4.69, 9.17) is 0 Å². The molecule has 2 aromatic heterocycles. The van der Waals surface area contributed by atoms with Crippen molar-refractivity contribution >= 4 is 23.3 Å². The van der Waals surface area contributed by atoms with Gasteiger partial charge < -0.3 is 15.5 Å². The Morgan fingerprint density at radius 3 is 2.32 bits per heavy atom. The Kier molecular flexibility index (Phi) is 7.61. The van der Waals surface area contributed by atoms with Gasteiger partial charge in [-0.15, -0.1) is 0 Å². The summed E-state index contributed by atoms with van der Waals surface area (Å²) in [4.78, 5) is 10.8. The number of nitrogens with one attached hydrogen (secondary N) is 3. The second-order valence-corrected chi connectivity index (χ2v) is 10.8. The van der Waals surface area contributed by atoms with Crippen molar-refractivity contribution < 1.29 is 13.2 Å². The van der Waals surface area contributed by atoms with Crippen LogP contribution >= 0.6 is 0 Å². The number of benzene rings is 1. The molecule has 38 heavy (non-hydrogen) atoms. The lowest BCUT2D eigenvalue weighted by atomic mass is 9.79. The molecule has 5 rings (SSSR count). The van der Waals surface area contributed by atoms with Crippen LogP contribution in [0.2, 0.25) is 0 Å². The zero-order valence-corrected chi connectivity index (χ0v) is 22.3. The molecule has 1 aromatic carbocycles. The van der Waals surface area contributed by atoms with Crippen molar-refractivity contribution in [3.63, 3.8) is 0 Å². The van der Waals surface area contributed by atoms with E-state index in [1.807, 2.05) is 6.92 Å². The van der Waals surface area contributed by atoms with Crippen LogP contribution in [0.25, 0.3) is 0 Å². The van der Waals surface area contributed by atoms with E-state index >= 15 is 0 Å². The minimum absolute atomic E-state index is 0.0880. The highest BCUT2D eigenvalue weighted by Gasteiger charge is 2.35. The maximum absolute atomic E-state index is 13.6. The van der Waals surface area contributed by atoms with Crippen molar-refractivity contribution in [2.24, 2.45) is 0 Å². The molecule has 1 aliphatic carbocycles. The SMILES string of the molecule is Cc1cc(Nc2nc(Nc3cc(C)c([C@H]4CC[C@H](N5CCCCC5)CC4)cc3C)ncc2C(F)(F)F)n[nH]1. The molecule has 1 saturated heterocycles. The predicted molar refractivity (Wildman–Crippen MR) is 143 cm³/mol. The Morgan fingerprint density at radius 1 is 0.921 bits per heavy atom. The van der Waals surface area contributed by atoms with Gasteiger partial charge in [0.15, 0.2) is 5.82 Å². The largest absolute Gasteiger partial charge is 0.421 e. The summed E-state index contributed by atoms with van der Waals surface area (Å²) < 4.78 is 40.8. The van der Waals surface area contributed by atoms with Crippen molar-refractivity contribution in [3.8, 4) is 0 Å². The lowest BCUT2D eigenvalue weighted by molar-refractivity contribution is -0.137. The lowest BCUT2D eigenvalue weighted by Gasteiger charge is -2.39. The summed E-state index contributed by atoms with van der Waals surface area (Å²) in [5, 5.41) is 12.5. The van der Waals surface area contributed by atoms with Crippen LogP contribution in [0.15, 0.2) is 24.4 Å². The molecule has 1 aliphatic heterocycles. The fraction of sp³-hybridized carbons (Fsp3) is 0.536. The number of hydrogen-bond donors (Lipinski definition) is 3. The van der Waals surface area contributed by atoms with Gasteiger partial charge in [0.2, 0.25) is 5.95 Å². The number of aryl methyl sites for hydroxylation is 3. The Bertz CT molecular complexity index is 1260. The molecular formula is C28H36F3N7. The summed E-state index contributed by atoms with van der Waals surface area (Å²) in [6.45, 7) is 8.39. The van der Waals surface area contributed by atoms with Gasteiger partial charge in [-0.3, -0.25) is 5.10 Å². The van der Waals surface area contributed by atoms with E-state index in [2.05, 4.69) is 54.8 Å². The Hall–Kier alpha value is -3.14. The highest BCUT2D eigenvalue weighted by atomic mass is 19.4. The van der Waals surface area contributed by atoms with Gasteiger partial charge in [0.05, 0.1) is 0 Å². The minimum Gasteiger partial charge on any atom is -0.324 e. The Morgan fingerprint density at radius 2 is 1.66 bits per heavy atom. The fourth-order valence-electron chi connectivity index (χ4n) is 5.92. The van der Waals surface area contributed by atoms with Gasteiger partial charge in [0.25, 0.3) is 0 Å². The number of aromatic amines is 1. The van der Waals surface area contributed by atoms with Crippen molar-refractivity contribution in [2.45, 2.75) is 83.9 Å². The number of halogens is 3. The van der Waals surface area contributed by atoms with E-state index < -0.39 is 11.7 Å². The molecule has 1 saturated carbocycles. The van der Waals surface area contributed by atoms with Crippen LogP contribution in [-0.2, 0) is 6.18 Å². The fourth-order valence-corrected chi connectivity index (χ4v) is 5.92. The molecule has 0 unspecified atom stereocenters. The quantitative estimate of drug-likeness (QED) is 0.316. The van der Waals surface area contributed by atoms with Gasteiger partial charge in [0, 0.05) is 29.7 Å². The topological polar surface area (TPSA) is 81.8 Å². The molecule has 7 nitrogen and oxygen atoms in total. The number of nitrogens with zero attached hydrogens (tertiary/aromatic N) is 4. The summed E-state index contributed by atoms with van der Waals surface area (Å²) >= 11 is 0. The molecule has 3 aromatic rings. The third kappa shape index (κ3) is 5.95. The number of aromatic nitrogens is 4. The van der Waals surface area contributed by atoms with Gasteiger partial charge in [-0.2, -0.15) is 23.3 Å². The number of H-pyrrole nitrogens is 1. The first-order chi connectivity index (χ1) is 18.2. The smallest absolute Gasteiger partial charge is 0.324 e. The van der Waals surface area contributed by atoms with Crippen LogP contribution < -0.4 is 10.6 Å². The van der Waals surface area contributed by atoms with Gasteiger partial charge in [-0.1, -0.05) is 12.5 Å². The average Bonchev–Trinajstić information content (AvgIpc) is 3.30. The molecule has 2 fully saturated rings. The van der Waals surface area contributed by atoms with Gasteiger partial charge in [0.1, 0.15) is 11.4 Å². The number of anilines is 4. The maximum atomic E-state index is 13.6. The predicted octanol–water partition coefficient (Wildman–Crippen LogP) is 7.14. The van der Waals surface area contributed by atoms with Crippen LogP contribution in [0.4, 0.5) is 36.4 Å². The van der Waals surface area contributed by atoms with Crippen LogP contribution in [0, 0.1) is 20.8 Å². The van der Waals surface area contributed by atoms with Crippen LogP contribution in [0.5, 0.6) is 0 Å². The number of piperidine rings is 1. The first-order valence-electron chi connectivity index (χ1n) is 13.5. The van der Waals surface area contributed by atoms with E-state index in [9.17, 15) is 13.2 Å². The van der Waals surface area contributed by atoms with Crippen molar-refractivity contribution in [2.75, 3.05) is 23.7 Å². The summed E-state index contributed by atoms with van der Waals surface area (Å²) in [6, 6.07) is 6.62. The molecular weight excluding hydrogens is 491 g/mol. The standard InChI is InChI=1S/C28H36F3N7/c1-17-14-24(18(2)13-22(17)20-7-9-21(10-8-20)38-11-5-4-6-12-38)33-27-32-16-23(28(29,30)31)26(35-27)34-25-15-19(3)36-37-25/h13-16,20-21H,4-12H2,1-3H3,(H3,32,33,34,35,36,37)/t20-,21-. The van der Waals surface area contributed by atoms with E-state index in [0.717, 1.165) is 29.2 Å². The van der Waals surface area contributed by atoms with Crippen LogP contribution in [-0.4, -0.2) is 44.2 Å². The average molecular weight is 528 g/mol. The Balaban J connectivity index is 1.31. The molecule has 0 radical (unpaired) electrons. The first kappa shape index (κ1) is 26.5. The summed E-state index contributed by atoms with van der Waals surface area (Å²) in [5.41, 5.74) is 4.12. The molecule has 0 amide bonds. The van der Waals surface area contributed by atoms with Gasteiger partial charge in [-0.05, 0) is 101 Å². The maximum Gasteiger partial charge on any atom is 0.421 e. The summed E-state index contributed by atoms with van der Waals surface area (Å²) in [7, 11) is 0. The van der Waals surface area contributed by atoms with E-state index in [1.54, 1.807) is 13.0 Å². The second kappa shape index (κ2) is 10.9. The molecule has 204 valence electrons. The van der Waals surface area contributed by atoms with Gasteiger partial charge >= 0.3 is 6.18 Å². The zero-order valence-electron chi connectivity index (χ0n) is 22.3. The van der Waals surface area contributed by atoms with Gasteiger partial charge in [-0.25, -0.2) is 4.98 Å². The number of hydrogen-bond acceptors (Lipinski definition) is 6. The third-order valence-electron chi connectivity index (χ3n) is 7.95. The molecule has 3 N–H and O–H groups in total. The molecule has 3 heterocycles. The zero-order chi connectivity index (χ0) is 26.9. The van der Waals surface area contributed by atoms with E-state index in [-0.39, 0.29) is 17.6 Å². The second-order valence-electron chi connectivity index (χ2n) is 10.8. The summed E-state index contributed by atoms with van der Waals surface area (Å²) in [5.74, 6) is 0.534. The lowest BCUT2D eigenvalue weighted by Crippen LogP contribution is -2.41. The summed E-state index contributed by atoms with van der Waals surface area (Å²) in [6.07, 6.45) is 5.09.